The van der Waals surface area contributed by atoms with Crippen LogP contribution in [0.5, 0.6) is 0 Å². The molecule has 2 aromatic heterocycles. The molecule has 2 aliphatic rings. The first kappa shape index (κ1) is 20.9. The van der Waals surface area contributed by atoms with Crippen LogP contribution >= 0.6 is 0 Å². The fraction of sp³-hybridized carbons (Fsp3) is 0.400. The number of aromatic nitrogens is 2. The Morgan fingerprint density at radius 2 is 2.00 bits per heavy atom. The molecule has 11 heteroatoms. The van der Waals surface area contributed by atoms with Crippen LogP contribution in [0.3, 0.4) is 0 Å². The van der Waals surface area contributed by atoms with Crippen molar-refractivity contribution in [2.24, 2.45) is 0 Å². The maximum atomic E-state index is 13.1. The molecule has 2 aromatic rings. The molecule has 0 saturated carbocycles. The number of amides is 3. The molecule has 0 unspecified atom stereocenters. The summed E-state index contributed by atoms with van der Waals surface area (Å²) in [5.41, 5.74) is 1.41. The van der Waals surface area contributed by atoms with Gasteiger partial charge in [-0.3, -0.25) is 15.0 Å². The van der Waals surface area contributed by atoms with E-state index in [1.807, 2.05) is 23.2 Å². The highest BCUT2D eigenvalue weighted by Crippen LogP contribution is 2.39. The molecule has 0 spiro atoms. The number of hydrogen-bond acceptors (Lipinski definition) is 5. The normalized spacial score (nSPS) is 18.4. The Morgan fingerprint density at radius 1 is 1.23 bits per heavy atom. The largest absolute Gasteiger partial charge is 0.408 e. The number of aryl methyl sites for hydroxylation is 1. The third-order valence-corrected chi connectivity index (χ3v) is 5.39. The average Bonchev–Trinajstić information content (AvgIpc) is 3.13. The van der Waals surface area contributed by atoms with E-state index in [0.717, 1.165) is 12.5 Å². The van der Waals surface area contributed by atoms with Gasteiger partial charge in [0.15, 0.2) is 5.82 Å². The smallest absolute Gasteiger partial charge is 0.366 e. The van der Waals surface area contributed by atoms with Gasteiger partial charge >= 0.3 is 12.2 Å². The molecular formula is C20H21F3N6O2. The highest BCUT2D eigenvalue weighted by atomic mass is 19.4. The van der Waals surface area contributed by atoms with E-state index in [0.29, 0.717) is 31.0 Å². The summed E-state index contributed by atoms with van der Waals surface area (Å²) in [5, 5.41) is 4.63. The van der Waals surface area contributed by atoms with Gasteiger partial charge in [-0.25, -0.2) is 14.8 Å². The average molecular weight is 434 g/mol. The summed E-state index contributed by atoms with van der Waals surface area (Å²) >= 11 is 0. The first-order valence-corrected chi connectivity index (χ1v) is 9.80. The first-order valence-electron chi connectivity index (χ1n) is 9.80. The first-order chi connectivity index (χ1) is 14.6. The summed E-state index contributed by atoms with van der Waals surface area (Å²) in [6, 6.07) is 3.82. The van der Waals surface area contributed by atoms with Crippen molar-refractivity contribution in [3.8, 4) is 0 Å². The molecule has 0 aromatic carbocycles. The van der Waals surface area contributed by atoms with Crippen molar-refractivity contribution >= 4 is 29.3 Å². The second-order valence-corrected chi connectivity index (χ2v) is 7.69. The lowest BCUT2D eigenvalue weighted by Crippen LogP contribution is -2.49. The van der Waals surface area contributed by atoms with Gasteiger partial charge in [0, 0.05) is 19.3 Å². The van der Waals surface area contributed by atoms with Gasteiger partial charge in [-0.05, 0) is 44.0 Å². The number of nitrogens with one attached hydrogen (secondary N) is 2. The van der Waals surface area contributed by atoms with Crippen LogP contribution in [0.25, 0.3) is 0 Å². The number of fused-ring (bicyclic) bond motifs is 4. The molecular weight excluding hydrogens is 413 g/mol. The zero-order chi connectivity index (χ0) is 22.3. The van der Waals surface area contributed by atoms with Gasteiger partial charge in [-0.15, -0.1) is 0 Å². The Labute approximate surface area is 176 Å². The predicted octanol–water partition coefficient (Wildman–Crippen LogP) is 3.10. The van der Waals surface area contributed by atoms with Crippen molar-refractivity contribution in [2.45, 2.75) is 38.5 Å². The number of carbonyl (C=O) groups excluding carboxylic acids is 2. The number of hydrogen-bond donors (Lipinski definition) is 2. The van der Waals surface area contributed by atoms with Gasteiger partial charge in [0.2, 0.25) is 0 Å². The zero-order valence-corrected chi connectivity index (χ0v) is 16.9. The molecule has 1 saturated heterocycles. The molecule has 4 rings (SSSR count). The Bertz CT molecular complexity index is 1010. The number of urea groups is 1. The van der Waals surface area contributed by atoms with Crippen molar-refractivity contribution in [2.75, 3.05) is 28.2 Å². The molecule has 4 heterocycles. The van der Waals surface area contributed by atoms with Crippen molar-refractivity contribution < 1.29 is 22.8 Å². The molecule has 2 atom stereocenters. The number of anilines is 3. The quantitative estimate of drug-likeness (QED) is 0.775. The Morgan fingerprint density at radius 3 is 2.68 bits per heavy atom. The lowest BCUT2D eigenvalue weighted by atomic mass is 10.1. The fourth-order valence-corrected chi connectivity index (χ4v) is 3.66. The van der Waals surface area contributed by atoms with E-state index in [2.05, 4.69) is 15.3 Å². The molecule has 8 nitrogen and oxygen atoms in total. The molecule has 3 amide bonds. The van der Waals surface area contributed by atoms with E-state index < -0.39 is 24.2 Å². The fourth-order valence-electron chi connectivity index (χ4n) is 3.66. The number of nitrogens with zero attached hydrogens (tertiary/aromatic N) is 4. The van der Waals surface area contributed by atoms with Crippen LogP contribution < -0.4 is 20.4 Å². The molecule has 1 fully saturated rings. The predicted molar refractivity (Wildman–Crippen MR) is 108 cm³/mol. The number of halogens is 3. The Balaban J connectivity index is 1.62. The van der Waals surface area contributed by atoms with Crippen molar-refractivity contribution in [3.05, 3.63) is 41.7 Å². The molecule has 2 aliphatic heterocycles. The minimum absolute atomic E-state index is 0.169. The maximum absolute atomic E-state index is 13.1. The van der Waals surface area contributed by atoms with Gasteiger partial charge < -0.3 is 10.2 Å². The SMILES string of the molecule is Cc1ccc(NC(=O)N2c3nc(C(=O)N[C@H](C)C(F)(F)F)ccc3N3CC[C@H]2C3)nc1. The van der Waals surface area contributed by atoms with Crippen LogP contribution in [0.15, 0.2) is 30.5 Å². The van der Waals surface area contributed by atoms with E-state index in [1.165, 1.54) is 11.0 Å². The van der Waals surface area contributed by atoms with Crippen LogP contribution in [0, 0.1) is 6.92 Å². The Hall–Kier alpha value is -3.37. The molecule has 31 heavy (non-hydrogen) atoms. The minimum atomic E-state index is -4.57. The molecule has 2 N–H and O–H groups in total. The molecule has 0 aliphatic carbocycles. The van der Waals surface area contributed by atoms with Crippen LogP contribution in [0.2, 0.25) is 0 Å². The summed E-state index contributed by atoms with van der Waals surface area (Å²) in [6.07, 6.45) is -2.24. The van der Waals surface area contributed by atoms with E-state index in [1.54, 1.807) is 18.3 Å². The van der Waals surface area contributed by atoms with Crippen LogP contribution in [-0.2, 0) is 0 Å². The minimum Gasteiger partial charge on any atom is -0.366 e. The molecule has 2 bridgehead atoms. The highest BCUT2D eigenvalue weighted by Gasteiger charge is 2.41. The number of alkyl halides is 3. The van der Waals surface area contributed by atoms with E-state index in [9.17, 15) is 22.8 Å². The number of carbonyl (C=O) groups is 2. The summed E-state index contributed by atoms with van der Waals surface area (Å²) in [7, 11) is 0. The zero-order valence-electron chi connectivity index (χ0n) is 16.9. The third-order valence-electron chi connectivity index (χ3n) is 5.39. The van der Waals surface area contributed by atoms with Gasteiger partial charge in [-0.1, -0.05) is 6.07 Å². The van der Waals surface area contributed by atoms with Gasteiger partial charge in [0.05, 0.1) is 11.7 Å². The van der Waals surface area contributed by atoms with Crippen LogP contribution in [0.4, 0.5) is 35.3 Å². The van der Waals surface area contributed by atoms with Gasteiger partial charge in [-0.2, -0.15) is 13.2 Å². The van der Waals surface area contributed by atoms with E-state index in [-0.39, 0.29) is 17.6 Å². The monoisotopic (exact) mass is 434 g/mol. The second-order valence-electron chi connectivity index (χ2n) is 7.69. The maximum Gasteiger partial charge on any atom is 0.408 e. The third kappa shape index (κ3) is 4.12. The lowest BCUT2D eigenvalue weighted by Gasteiger charge is -2.35. The Kier molecular flexibility index (Phi) is 5.19. The van der Waals surface area contributed by atoms with Gasteiger partial charge in [0.25, 0.3) is 5.91 Å². The standard InChI is InChI=1S/C20H21F3N6O2/c1-11-3-6-16(24-9-11)27-19(31)29-13-7-8-28(10-13)15-5-4-14(26-17(15)29)18(30)25-12(2)20(21,22)23/h3-6,9,12-13H,7-8,10H2,1-2H3,(H,25,30)(H,24,27,31)/t12-,13+/m1/s1. The molecule has 164 valence electrons. The number of pyridine rings is 2. The number of rotatable bonds is 3. The van der Waals surface area contributed by atoms with Crippen molar-refractivity contribution in [1.82, 2.24) is 15.3 Å². The van der Waals surface area contributed by atoms with E-state index in [4.69, 9.17) is 0 Å². The lowest BCUT2D eigenvalue weighted by molar-refractivity contribution is -0.149. The summed E-state index contributed by atoms with van der Waals surface area (Å²) in [6.45, 7) is 4.06. The highest BCUT2D eigenvalue weighted by molar-refractivity contribution is 6.05. The van der Waals surface area contributed by atoms with Crippen molar-refractivity contribution in [3.63, 3.8) is 0 Å². The summed E-state index contributed by atoms with van der Waals surface area (Å²) in [5.74, 6) is -0.350. The van der Waals surface area contributed by atoms with Crippen molar-refractivity contribution in [1.29, 1.82) is 0 Å². The summed E-state index contributed by atoms with van der Waals surface area (Å²) < 4.78 is 38.4. The summed E-state index contributed by atoms with van der Waals surface area (Å²) in [4.78, 5) is 37.4. The van der Waals surface area contributed by atoms with Crippen LogP contribution in [-0.4, -0.2) is 53.3 Å². The molecule has 0 radical (unpaired) electrons. The van der Waals surface area contributed by atoms with E-state index >= 15 is 0 Å². The van der Waals surface area contributed by atoms with Gasteiger partial charge in [0.1, 0.15) is 17.6 Å². The van der Waals surface area contributed by atoms with Crippen LogP contribution in [0.1, 0.15) is 29.4 Å². The topological polar surface area (TPSA) is 90.5 Å². The second kappa shape index (κ2) is 7.71.